The van der Waals surface area contributed by atoms with Crippen LogP contribution in [0.1, 0.15) is 28.6 Å². The maximum absolute atomic E-state index is 13.9. The summed E-state index contributed by atoms with van der Waals surface area (Å²) in [5, 5.41) is 3.37. The average molecular weight is 508 g/mol. The standard InChI is InChI=1S/C25H25N5O7/c1-4-36-24(34)28(2)14-30-22(32)25(27-23(30)33,20-9-16-11-26-8-7-19(16)37-20)13-29-12-15-5-6-17(35-3)10-18(15)21(29)31/h5-11H,4,12-14H2,1-3H3,(H,27,33)/t25-/m0/s1. The van der Waals surface area contributed by atoms with E-state index in [2.05, 4.69) is 10.3 Å². The minimum absolute atomic E-state index is 0.142. The zero-order valence-electron chi connectivity index (χ0n) is 20.5. The zero-order valence-corrected chi connectivity index (χ0v) is 20.5. The van der Waals surface area contributed by atoms with E-state index in [0.29, 0.717) is 22.3 Å². The molecule has 1 aromatic carbocycles. The molecule has 12 nitrogen and oxygen atoms in total. The Kier molecular flexibility index (Phi) is 5.94. The van der Waals surface area contributed by atoms with Crippen LogP contribution in [0.2, 0.25) is 0 Å². The lowest BCUT2D eigenvalue weighted by Crippen LogP contribution is -2.53. The number of urea groups is 1. The number of imide groups is 1. The highest BCUT2D eigenvalue weighted by Gasteiger charge is 2.57. The van der Waals surface area contributed by atoms with Crippen LogP contribution in [0.25, 0.3) is 11.0 Å². The summed E-state index contributed by atoms with van der Waals surface area (Å²) >= 11 is 0. The first-order valence-electron chi connectivity index (χ1n) is 11.6. The molecule has 0 bridgehead atoms. The van der Waals surface area contributed by atoms with Crippen molar-refractivity contribution in [3.63, 3.8) is 0 Å². The van der Waals surface area contributed by atoms with Gasteiger partial charge in [0, 0.05) is 36.9 Å². The summed E-state index contributed by atoms with van der Waals surface area (Å²) in [6.07, 6.45) is 2.44. The van der Waals surface area contributed by atoms with Crippen molar-refractivity contribution < 1.29 is 33.1 Å². The Balaban J connectivity index is 1.52. The van der Waals surface area contributed by atoms with Gasteiger partial charge in [0.25, 0.3) is 11.8 Å². The third-order valence-corrected chi connectivity index (χ3v) is 6.47. The minimum atomic E-state index is -1.73. The van der Waals surface area contributed by atoms with Crippen molar-refractivity contribution in [2.24, 2.45) is 0 Å². The van der Waals surface area contributed by atoms with Crippen molar-refractivity contribution in [3.8, 4) is 5.75 Å². The molecule has 2 aliphatic heterocycles. The minimum Gasteiger partial charge on any atom is -0.497 e. The van der Waals surface area contributed by atoms with Crippen LogP contribution in [-0.4, -0.2) is 77.6 Å². The summed E-state index contributed by atoms with van der Waals surface area (Å²) < 4.78 is 16.2. The second-order valence-electron chi connectivity index (χ2n) is 8.82. The number of carbonyl (C=O) groups is 4. The Labute approximate surface area is 211 Å². The van der Waals surface area contributed by atoms with Gasteiger partial charge in [-0.25, -0.2) is 14.5 Å². The van der Waals surface area contributed by atoms with Gasteiger partial charge in [-0.1, -0.05) is 6.07 Å². The van der Waals surface area contributed by atoms with Gasteiger partial charge in [-0.2, -0.15) is 0 Å². The molecule has 37 heavy (non-hydrogen) atoms. The predicted molar refractivity (Wildman–Crippen MR) is 128 cm³/mol. The van der Waals surface area contributed by atoms with Gasteiger partial charge < -0.3 is 24.1 Å². The number of hydrogen-bond acceptors (Lipinski definition) is 8. The van der Waals surface area contributed by atoms with E-state index in [-0.39, 0.29) is 38.0 Å². The fourth-order valence-electron chi connectivity index (χ4n) is 4.59. The highest BCUT2D eigenvalue weighted by Crippen LogP contribution is 2.37. The first-order valence-corrected chi connectivity index (χ1v) is 11.6. The monoisotopic (exact) mass is 507 g/mol. The number of nitrogens with one attached hydrogen (secondary N) is 1. The van der Waals surface area contributed by atoms with Gasteiger partial charge in [0.2, 0.25) is 0 Å². The largest absolute Gasteiger partial charge is 0.497 e. The van der Waals surface area contributed by atoms with Crippen molar-refractivity contribution in [1.29, 1.82) is 0 Å². The lowest BCUT2D eigenvalue weighted by molar-refractivity contribution is -0.133. The molecule has 5 amide bonds. The molecule has 1 atom stereocenters. The molecule has 5 rings (SSSR count). The number of nitrogens with zero attached hydrogens (tertiary/aromatic N) is 4. The van der Waals surface area contributed by atoms with Crippen molar-refractivity contribution >= 4 is 34.9 Å². The predicted octanol–water partition coefficient (Wildman–Crippen LogP) is 2.29. The van der Waals surface area contributed by atoms with Crippen LogP contribution in [0.5, 0.6) is 5.75 Å². The van der Waals surface area contributed by atoms with Gasteiger partial charge in [-0.15, -0.1) is 0 Å². The smallest absolute Gasteiger partial charge is 0.410 e. The highest BCUT2D eigenvalue weighted by atomic mass is 16.6. The summed E-state index contributed by atoms with van der Waals surface area (Å²) in [5.74, 6) is -0.291. The molecule has 0 aliphatic carbocycles. The van der Waals surface area contributed by atoms with E-state index in [1.807, 2.05) is 0 Å². The van der Waals surface area contributed by atoms with Crippen molar-refractivity contribution in [1.82, 2.24) is 25.0 Å². The number of aromatic nitrogens is 1. The number of fused-ring (bicyclic) bond motifs is 2. The van der Waals surface area contributed by atoms with Crippen LogP contribution < -0.4 is 10.1 Å². The number of pyridine rings is 1. The molecule has 3 aromatic rings. The highest BCUT2D eigenvalue weighted by molar-refractivity contribution is 6.08. The van der Waals surface area contributed by atoms with Gasteiger partial charge in [0.05, 0.1) is 20.3 Å². The molecule has 192 valence electrons. The van der Waals surface area contributed by atoms with E-state index in [9.17, 15) is 19.2 Å². The van der Waals surface area contributed by atoms with E-state index >= 15 is 0 Å². The Morgan fingerprint density at radius 1 is 1.24 bits per heavy atom. The van der Waals surface area contributed by atoms with Crippen molar-refractivity contribution in [2.75, 3.05) is 34.0 Å². The van der Waals surface area contributed by atoms with Crippen molar-refractivity contribution in [3.05, 3.63) is 59.6 Å². The number of rotatable bonds is 7. The fraction of sp³-hybridized carbons (Fsp3) is 0.320. The van der Waals surface area contributed by atoms with E-state index in [4.69, 9.17) is 13.9 Å². The number of amides is 5. The second kappa shape index (κ2) is 9.12. The van der Waals surface area contributed by atoms with Gasteiger partial charge in [-0.05, 0) is 36.8 Å². The molecule has 2 aliphatic rings. The third-order valence-electron chi connectivity index (χ3n) is 6.47. The molecule has 0 radical (unpaired) electrons. The molecule has 1 saturated heterocycles. The SMILES string of the molecule is CCOC(=O)N(C)CN1C(=O)N[C@@](CN2Cc3ccc(OC)cc3C2=O)(c2cc3cnccc3o2)C1=O. The first kappa shape index (κ1) is 24.1. The number of hydrogen-bond donors (Lipinski definition) is 1. The summed E-state index contributed by atoms with van der Waals surface area (Å²) in [7, 11) is 2.93. The van der Waals surface area contributed by atoms with Gasteiger partial charge >= 0.3 is 12.1 Å². The Hall–Kier alpha value is -4.61. The Morgan fingerprint density at radius 3 is 2.78 bits per heavy atom. The molecule has 0 saturated carbocycles. The second-order valence-corrected chi connectivity index (χ2v) is 8.82. The number of furan rings is 1. The van der Waals surface area contributed by atoms with E-state index in [1.165, 1.54) is 19.1 Å². The molecule has 4 heterocycles. The van der Waals surface area contributed by atoms with Crippen LogP contribution in [-0.2, 0) is 21.6 Å². The summed E-state index contributed by atoms with van der Waals surface area (Å²) in [5.41, 5.74) is -0.0355. The van der Waals surface area contributed by atoms with E-state index in [0.717, 1.165) is 15.4 Å². The molecule has 1 fully saturated rings. The maximum atomic E-state index is 13.9. The molecule has 0 spiro atoms. The zero-order chi connectivity index (χ0) is 26.3. The molecule has 0 unspecified atom stereocenters. The lowest BCUT2D eigenvalue weighted by atomic mass is 9.95. The average Bonchev–Trinajstić information content (AvgIpc) is 3.53. The Morgan fingerprint density at radius 2 is 2.05 bits per heavy atom. The van der Waals surface area contributed by atoms with Crippen LogP contribution in [0.3, 0.4) is 0 Å². The van der Waals surface area contributed by atoms with Crippen LogP contribution >= 0.6 is 0 Å². The summed E-state index contributed by atoms with van der Waals surface area (Å²) in [6, 6.07) is 7.73. The molecule has 12 heteroatoms. The van der Waals surface area contributed by atoms with Crippen LogP contribution in [0.15, 0.2) is 47.1 Å². The summed E-state index contributed by atoms with van der Waals surface area (Å²) in [4.78, 5) is 60.1. The normalized spacial score (nSPS) is 18.8. The summed E-state index contributed by atoms with van der Waals surface area (Å²) in [6.45, 7) is 1.48. The topological polar surface area (TPSA) is 135 Å². The number of methoxy groups -OCH3 is 1. The molecule has 2 aromatic heterocycles. The molecule has 1 N–H and O–H groups in total. The van der Waals surface area contributed by atoms with E-state index < -0.39 is 23.6 Å². The number of ether oxygens (including phenoxy) is 2. The Bertz CT molecular complexity index is 1390. The van der Waals surface area contributed by atoms with Gasteiger partial charge in [0.1, 0.15) is 23.8 Å². The van der Waals surface area contributed by atoms with E-state index in [1.54, 1.807) is 49.6 Å². The molecular formula is C25H25N5O7. The van der Waals surface area contributed by atoms with Gasteiger partial charge in [0.15, 0.2) is 5.54 Å². The number of carbonyl (C=O) groups excluding carboxylic acids is 4. The molecular weight excluding hydrogens is 482 g/mol. The first-order chi connectivity index (χ1) is 17.8. The quantitative estimate of drug-likeness (QED) is 0.482. The van der Waals surface area contributed by atoms with Crippen LogP contribution in [0.4, 0.5) is 9.59 Å². The maximum Gasteiger partial charge on any atom is 0.410 e. The van der Waals surface area contributed by atoms with Gasteiger partial charge in [-0.3, -0.25) is 19.5 Å². The van der Waals surface area contributed by atoms with Crippen LogP contribution in [0, 0.1) is 0 Å². The third kappa shape index (κ3) is 3.99. The lowest BCUT2D eigenvalue weighted by Gasteiger charge is -2.30. The fourth-order valence-corrected chi connectivity index (χ4v) is 4.59. The van der Waals surface area contributed by atoms with Crippen molar-refractivity contribution in [2.45, 2.75) is 19.0 Å². The number of benzene rings is 1.